The van der Waals surface area contributed by atoms with Crippen molar-refractivity contribution in [1.82, 2.24) is 10.2 Å². The molecule has 3 heteroatoms. The SMILES string of the molecule is CC(C)COCCN1CCCNC(CC(C)C)C1. The van der Waals surface area contributed by atoms with Gasteiger partial charge >= 0.3 is 0 Å². The molecule has 1 aliphatic heterocycles. The van der Waals surface area contributed by atoms with Crippen LogP contribution in [0.15, 0.2) is 0 Å². The molecule has 1 atom stereocenters. The summed E-state index contributed by atoms with van der Waals surface area (Å²) >= 11 is 0. The second kappa shape index (κ2) is 8.89. The third kappa shape index (κ3) is 7.34. The average molecular weight is 256 g/mol. The summed E-state index contributed by atoms with van der Waals surface area (Å²) in [4.78, 5) is 2.56. The van der Waals surface area contributed by atoms with Gasteiger partial charge in [0.15, 0.2) is 0 Å². The van der Waals surface area contributed by atoms with Gasteiger partial charge in [-0.05, 0) is 37.8 Å². The van der Waals surface area contributed by atoms with Crippen LogP contribution in [0.5, 0.6) is 0 Å². The smallest absolute Gasteiger partial charge is 0.0593 e. The Morgan fingerprint density at radius 1 is 1.22 bits per heavy atom. The maximum Gasteiger partial charge on any atom is 0.0593 e. The molecule has 0 amide bonds. The van der Waals surface area contributed by atoms with Gasteiger partial charge in [0, 0.05) is 25.7 Å². The minimum atomic E-state index is 0.643. The summed E-state index contributed by atoms with van der Waals surface area (Å²) in [5.74, 6) is 1.42. The highest BCUT2D eigenvalue weighted by Gasteiger charge is 2.18. The van der Waals surface area contributed by atoms with E-state index in [1.807, 2.05) is 0 Å². The van der Waals surface area contributed by atoms with Crippen LogP contribution >= 0.6 is 0 Å². The first-order chi connectivity index (χ1) is 8.58. The molecule has 1 saturated heterocycles. The highest BCUT2D eigenvalue weighted by Crippen LogP contribution is 2.09. The Hall–Kier alpha value is -0.120. The van der Waals surface area contributed by atoms with E-state index < -0.39 is 0 Å². The Kier molecular flexibility index (Phi) is 7.87. The topological polar surface area (TPSA) is 24.5 Å². The van der Waals surface area contributed by atoms with Gasteiger partial charge in [-0.1, -0.05) is 27.7 Å². The fourth-order valence-corrected chi connectivity index (χ4v) is 2.52. The van der Waals surface area contributed by atoms with Gasteiger partial charge in [-0.15, -0.1) is 0 Å². The summed E-state index contributed by atoms with van der Waals surface area (Å²) in [6.07, 6.45) is 2.54. The number of hydrogen-bond donors (Lipinski definition) is 1. The van der Waals surface area contributed by atoms with Crippen molar-refractivity contribution in [3.63, 3.8) is 0 Å². The monoisotopic (exact) mass is 256 g/mol. The molecular formula is C15H32N2O. The van der Waals surface area contributed by atoms with Crippen molar-refractivity contribution in [2.45, 2.75) is 46.6 Å². The first-order valence-corrected chi connectivity index (χ1v) is 7.61. The van der Waals surface area contributed by atoms with Gasteiger partial charge in [-0.3, -0.25) is 4.90 Å². The highest BCUT2D eigenvalue weighted by molar-refractivity contribution is 4.77. The molecule has 0 saturated carbocycles. The van der Waals surface area contributed by atoms with E-state index in [0.29, 0.717) is 12.0 Å². The molecule has 1 aliphatic rings. The first kappa shape index (κ1) is 15.9. The van der Waals surface area contributed by atoms with Crippen LogP contribution in [0.25, 0.3) is 0 Å². The molecule has 0 aromatic heterocycles. The standard InChI is InChI=1S/C15H32N2O/c1-13(2)10-15-11-17(7-5-6-16-15)8-9-18-12-14(3)4/h13-16H,5-12H2,1-4H3. The molecular weight excluding hydrogens is 224 g/mol. The summed E-state index contributed by atoms with van der Waals surface area (Å²) in [5.41, 5.74) is 0. The van der Waals surface area contributed by atoms with Crippen molar-refractivity contribution in [2.24, 2.45) is 11.8 Å². The maximum absolute atomic E-state index is 5.69. The van der Waals surface area contributed by atoms with Gasteiger partial charge in [-0.25, -0.2) is 0 Å². The molecule has 3 nitrogen and oxygen atoms in total. The Balaban J connectivity index is 2.22. The molecule has 0 aliphatic carbocycles. The van der Waals surface area contributed by atoms with E-state index in [0.717, 1.165) is 25.7 Å². The molecule has 0 aromatic rings. The number of hydrogen-bond acceptors (Lipinski definition) is 3. The molecule has 108 valence electrons. The minimum absolute atomic E-state index is 0.643. The van der Waals surface area contributed by atoms with Gasteiger partial charge in [0.1, 0.15) is 0 Å². The lowest BCUT2D eigenvalue weighted by atomic mass is 10.0. The molecule has 18 heavy (non-hydrogen) atoms. The van der Waals surface area contributed by atoms with Crippen molar-refractivity contribution in [3.8, 4) is 0 Å². The largest absolute Gasteiger partial charge is 0.380 e. The summed E-state index contributed by atoms with van der Waals surface area (Å²) < 4.78 is 5.69. The lowest BCUT2D eigenvalue weighted by Gasteiger charge is -2.25. The molecule has 1 rings (SSSR count). The Morgan fingerprint density at radius 3 is 2.67 bits per heavy atom. The van der Waals surface area contributed by atoms with Crippen LogP contribution in [0.1, 0.15) is 40.5 Å². The molecule has 0 aromatic carbocycles. The van der Waals surface area contributed by atoms with E-state index >= 15 is 0 Å². The van der Waals surface area contributed by atoms with Crippen LogP contribution in [0.3, 0.4) is 0 Å². The predicted molar refractivity (Wildman–Crippen MR) is 78.0 cm³/mol. The number of nitrogens with zero attached hydrogens (tertiary/aromatic N) is 1. The van der Waals surface area contributed by atoms with Crippen LogP contribution < -0.4 is 5.32 Å². The van der Waals surface area contributed by atoms with E-state index in [-0.39, 0.29) is 0 Å². The van der Waals surface area contributed by atoms with E-state index in [1.54, 1.807) is 0 Å². The minimum Gasteiger partial charge on any atom is -0.380 e. The number of nitrogens with one attached hydrogen (secondary N) is 1. The van der Waals surface area contributed by atoms with Crippen molar-refractivity contribution < 1.29 is 4.74 Å². The highest BCUT2D eigenvalue weighted by atomic mass is 16.5. The molecule has 0 radical (unpaired) electrons. The zero-order chi connectivity index (χ0) is 13.4. The summed E-state index contributed by atoms with van der Waals surface area (Å²) in [5, 5.41) is 3.67. The molecule has 1 fully saturated rings. The predicted octanol–water partition coefficient (Wildman–Crippen LogP) is 2.37. The lowest BCUT2D eigenvalue weighted by Crippen LogP contribution is -2.39. The fraction of sp³-hybridized carbons (Fsp3) is 1.00. The van der Waals surface area contributed by atoms with E-state index in [4.69, 9.17) is 4.74 Å². The van der Waals surface area contributed by atoms with Crippen LogP contribution in [0, 0.1) is 11.8 Å². The normalized spacial score (nSPS) is 22.7. The van der Waals surface area contributed by atoms with Gasteiger partial charge in [0.25, 0.3) is 0 Å². The molecule has 1 N–H and O–H groups in total. The second-order valence-corrected chi connectivity index (χ2v) is 6.40. The van der Waals surface area contributed by atoms with Crippen molar-refractivity contribution in [2.75, 3.05) is 39.4 Å². The van der Waals surface area contributed by atoms with Crippen molar-refractivity contribution in [1.29, 1.82) is 0 Å². The maximum atomic E-state index is 5.69. The Labute approximate surface area is 113 Å². The third-order valence-electron chi connectivity index (χ3n) is 3.32. The van der Waals surface area contributed by atoms with E-state index in [1.165, 1.54) is 32.5 Å². The van der Waals surface area contributed by atoms with Gasteiger partial charge < -0.3 is 10.1 Å². The summed E-state index contributed by atoms with van der Waals surface area (Å²) in [6.45, 7) is 15.4. The third-order valence-corrected chi connectivity index (χ3v) is 3.32. The zero-order valence-corrected chi connectivity index (χ0v) is 12.7. The second-order valence-electron chi connectivity index (χ2n) is 6.40. The molecule has 0 spiro atoms. The van der Waals surface area contributed by atoms with Gasteiger partial charge in [-0.2, -0.15) is 0 Å². The first-order valence-electron chi connectivity index (χ1n) is 7.61. The van der Waals surface area contributed by atoms with Gasteiger partial charge in [0.05, 0.1) is 6.61 Å². The van der Waals surface area contributed by atoms with Crippen LogP contribution in [-0.2, 0) is 4.74 Å². The van der Waals surface area contributed by atoms with E-state index in [2.05, 4.69) is 37.9 Å². The Morgan fingerprint density at radius 2 is 2.00 bits per heavy atom. The van der Waals surface area contributed by atoms with Gasteiger partial charge in [0.2, 0.25) is 0 Å². The summed E-state index contributed by atoms with van der Waals surface area (Å²) in [7, 11) is 0. The van der Waals surface area contributed by atoms with Crippen molar-refractivity contribution in [3.05, 3.63) is 0 Å². The lowest BCUT2D eigenvalue weighted by molar-refractivity contribution is 0.0843. The average Bonchev–Trinajstić information content (AvgIpc) is 2.49. The van der Waals surface area contributed by atoms with Crippen LogP contribution in [0.4, 0.5) is 0 Å². The quantitative estimate of drug-likeness (QED) is 0.708. The zero-order valence-electron chi connectivity index (χ0n) is 12.7. The van der Waals surface area contributed by atoms with Crippen molar-refractivity contribution >= 4 is 0 Å². The number of ether oxygens (including phenoxy) is 1. The van der Waals surface area contributed by atoms with E-state index in [9.17, 15) is 0 Å². The van der Waals surface area contributed by atoms with Crippen LogP contribution in [-0.4, -0.2) is 50.3 Å². The summed E-state index contributed by atoms with van der Waals surface area (Å²) in [6, 6.07) is 0.664. The molecule has 1 heterocycles. The number of rotatable bonds is 7. The fourth-order valence-electron chi connectivity index (χ4n) is 2.52. The Bertz CT molecular complexity index is 207. The van der Waals surface area contributed by atoms with Crippen LogP contribution in [0.2, 0.25) is 0 Å². The molecule has 1 unspecified atom stereocenters. The molecule has 0 bridgehead atoms.